The molecular formula is C28H37N3O5. The molecule has 194 valence electrons. The molecule has 0 amide bonds. The Kier molecular flexibility index (Phi) is 9.95. The number of nitrogens with zero attached hydrogens (tertiary/aromatic N) is 2. The van der Waals surface area contributed by atoms with Crippen molar-refractivity contribution in [1.29, 1.82) is 0 Å². The van der Waals surface area contributed by atoms with E-state index in [4.69, 9.17) is 14.1 Å². The van der Waals surface area contributed by atoms with E-state index in [2.05, 4.69) is 5.73 Å². The Morgan fingerprint density at radius 3 is 2.25 bits per heavy atom. The average Bonchev–Trinajstić information content (AvgIpc) is 3.18. The summed E-state index contributed by atoms with van der Waals surface area (Å²) in [6.45, 7) is 12.0. The van der Waals surface area contributed by atoms with Crippen LogP contribution in [0.2, 0.25) is 0 Å². The number of hydrogen-bond acceptors (Lipinski definition) is 7. The van der Waals surface area contributed by atoms with Crippen molar-refractivity contribution < 1.29 is 23.8 Å². The first-order chi connectivity index (χ1) is 17.0. The lowest BCUT2D eigenvalue weighted by Gasteiger charge is -2.25. The van der Waals surface area contributed by atoms with Crippen LogP contribution >= 0.6 is 0 Å². The molecule has 0 aliphatic carbocycles. The molecule has 0 aliphatic rings. The predicted molar refractivity (Wildman–Crippen MR) is 140 cm³/mol. The molecule has 1 heterocycles. The first kappa shape index (κ1) is 28.7. The Labute approximate surface area is 213 Å². The summed E-state index contributed by atoms with van der Waals surface area (Å²) in [5, 5.41) is 9.39. The van der Waals surface area contributed by atoms with E-state index < -0.39 is 11.6 Å². The van der Waals surface area contributed by atoms with Gasteiger partial charge in [0.25, 0.3) is 0 Å². The van der Waals surface area contributed by atoms with Crippen LogP contribution in [-0.2, 0) is 22.7 Å². The van der Waals surface area contributed by atoms with E-state index >= 15 is 0 Å². The van der Waals surface area contributed by atoms with Crippen LogP contribution in [0.3, 0.4) is 0 Å². The number of ether oxygens (including phenoxy) is 1. The number of benzene rings is 2. The molecule has 3 N–H and O–H groups in total. The quantitative estimate of drug-likeness (QED) is 0.392. The highest BCUT2D eigenvalue weighted by Gasteiger charge is 2.30. The topological polar surface area (TPSA) is 119 Å². The highest BCUT2D eigenvalue weighted by atomic mass is 16.5. The van der Waals surface area contributed by atoms with E-state index in [9.17, 15) is 14.7 Å². The Bertz CT molecular complexity index is 1180. The van der Waals surface area contributed by atoms with Gasteiger partial charge in [-0.05, 0) is 76.9 Å². The number of hydrogen-bond donors (Lipinski definition) is 2. The van der Waals surface area contributed by atoms with Gasteiger partial charge in [-0.1, -0.05) is 30.3 Å². The fourth-order valence-electron chi connectivity index (χ4n) is 3.85. The molecule has 1 aromatic heterocycles. The molecule has 0 saturated carbocycles. The van der Waals surface area contributed by atoms with Crippen molar-refractivity contribution in [1.82, 2.24) is 9.88 Å². The standard InChI is InChI=1S/C27H32N2O5.CH5N/c1-17-9-7-8-10-22(17)25-28-23(20(4)33-25)16-29(11-12-30)15-21-13-18(2)24(19(3)14-21)34-27(5,6)26(31)32;1-2/h7-10,12-14H,11,15-16H2,1-6H3,(H,31,32);2H2,1H3. The summed E-state index contributed by atoms with van der Waals surface area (Å²) in [6, 6.07) is 11.9. The Balaban J connectivity index is 0.00000222. The molecule has 0 saturated heterocycles. The number of nitrogens with two attached hydrogens (primary N) is 1. The number of aromatic nitrogens is 1. The van der Waals surface area contributed by atoms with Crippen molar-refractivity contribution in [3.05, 3.63) is 70.1 Å². The van der Waals surface area contributed by atoms with E-state index in [1.165, 1.54) is 20.9 Å². The molecule has 0 fully saturated rings. The molecule has 2 aromatic carbocycles. The van der Waals surface area contributed by atoms with Crippen molar-refractivity contribution in [2.45, 2.75) is 60.2 Å². The van der Waals surface area contributed by atoms with Crippen LogP contribution in [0.25, 0.3) is 11.5 Å². The SMILES string of the molecule is CN.Cc1ccccc1-c1nc(CN(CC=O)Cc2cc(C)c(OC(C)(C)C(=O)O)c(C)c2)c(C)o1. The predicted octanol–water partition coefficient (Wildman–Crippen LogP) is 4.59. The summed E-state index contributed by atoms with van der Waals surface area (Å²) in [5.41, 5.74) is 8.67. The fourth-order valence-corrected chi connectivity index (χ4v) is 3.85. The number of carbonyl (C=O) groups is 2. The van der Waals surface area contributed by atoms with Gasteiger partial charge in [0.05, 0.1) is 12.2 Å². The number of rotatable bonds is 10. The maximum Gasteiger partial charge on any atom is 0.347 e. The summed E-state index contributed by atoms with van der Waals surface area (Å²) in [6.07, 6.45) is 0.879. The smallest absolute Gasteiger partial charge is 0.347 e. The van der Waals surface area contributed by atoms with Crippen LogP contribution in [0.1, 0.15) is 47.6 Å². The summed E-state index contributed by atoms with van der Waals surface area (Å²) in [7, 11) is 1.50. The van der Waals surface area contributed by atoms with Crippen molar-refractivity contribution >= 4 is 12.3 Å². The lowest BCUT2D eigenvalue weighted by molar-refractivity contribution is -0.152. The van der Waals surface area contributed by atoms with Crippen molar-refractivity contribution in [2.75, 3.05) is 13.6 Å². The van der Waals surface area contributed by atoms with E-state index in [0.717, 1.165) is 45.6 Å². The number of carboxylic acids is 1. The van der Waals surface area contributed by atoms with Gasteiger partial charge in [0, 0.05) is 18.7 Å². The Morgan fingerprint density at radius 1 is 1.08 bits per heavy atom. The largest absolute Gasteiger partial charge is 0.478 e. The van der Waals surface area contributed by atoms with Gasteiger partial charge >= 0.3 is 5.97 Å². The van der Waals surface area contributed by atoms with Crippen molar-refractivity contribution in [3.8, 4) is 17.2 Å². The molecule has 0 bridgehead atoms. The lowest BCUT2D eigenvalue weighted by atomic mass is 10.0. The number of aliphatic carboxylic acids is 1. The van der Waals surface area contributed by atoms with E-state index in [1.807, 2.05) is 69.0 Å². The number of oxazole rings is 1. The van der Waals surface area contributed by atoms with Gasteiger partial charge in [0.15, 0.2) is 5.60 Å². The van der Waals surface area contributed by atoms with Gasteiger partial charge in [-0.25, -0.2) is 9.78 Å². The normalized spacial score (nSPS) is 11.1. The number of aryl methyl sites for hydroxylation is 4. The molecular weight excluding hydrogens is 458 g/mol. The molecule has 0 spiro atoms. The number of carboxylic acid groups (broad SMARTS) is 1. The molecule has 0 aliphatic heterocycles. The number of carbonyl (C=O) groups excluding carboxylic acids is 1. The maximum atomic E-state index is 11.5. The van der Waals surface area contributed by atoms with Crippen LogP contribution in [0, 0.1) is 27.7 Å². The summed E-state index contributed by atoms with van der Waals surface area (Å²) in [5.74, 6) is 0.834. The summed E-state index contributed by atoms with van der Waals surface area (Å²) in [4.78, 5) is 29.6. The van der Waals surface area contributed by atoms with E-state index in [1.54, 1.807) is 0 Å². The van der Waals surface area contributed by atoms with Gasteiger partial charge < -0.3 is 24.8 Å². The van der Waals surface area contributed by atoms with Crippen LogP contribution < -0.4 is 10.5 Å². The van der Waals surface area contributed by atoms with Crippen LogP contribution in [0.4, 0.5) is 0 Å². The van der Waals surface area contributed by atoms with Crippen molar-refractivity contribution in [3.63, 3.8) is 0 Å². The molecule has 36 heavy (non-hydrogen) atoms. The molecule has 8 heteroatoms. The zero-order chi connectivity index (χ0) is 27.0. The van der Waals surface area contributed by atoms with Gasteiger partial charge in [-0.3, -0.25) is 4.90 Å². The van der Waals surface area contributed by atoms with Gasteiger partial charge in [0.1, 0.15) is 17.8 Å². The first-order valence-electron chi connectivity index (χ1n) is 11.8. The molecule has 8 nitrogen and oxygen atoms in total. The van der Waals surface area contributed by atoms with Gasteiger partial charge in [-0.2, -0.15) is 0 Å². The third-order valence-electron chi connectivity index (χ3n) is 5.77. The highest BCUT2D eigenvalue weighted by molar-refractivity contribution is 5.77. The zero-order valence-electron chi connectivity index (χ0n) is 22.2. The second kappa shape index (κ2) is 12.5. The Hall–Kier alpha value is -3.49. The third kappa shape index (κ3) is 7.02. The van der Waals surface area contributed by atoms with Crippen LogP contribution in [0.5, 0.6) is 5.75 Å². The molecule has 3 rings (SSSR count). The monoisotopic (exact) mass is 495 g/mol. The second-order valence-corrected chi connectivity index (χ2v) is 9.15. The summed E-state index contributed by atoms with van der Waals surface area (Å²) < 4.78 is 11.7. The average molecular weight is 496 g/mol. The molecule has 3 aromatic rings. The third-order valence-corrected chi connectivity index (χ3v) is 5.77. The summed E-state index contributed by atoms with van der Waals surface area (Å²) >= 11 is 0. The Morgan fingerprint density at radius 2 is 1.69 bits per heavy atom. The van der Waals surface area contributed by atoms with Crippen LogP contribution in [0.15, 0.2) is 40.8 Å². The fraction of sp³-hybridized carbons (Fsp3) is 0.393. The zero-order valence-corrected chi connectivity index (χ0v) is 22.2. The second-order valence-electron chi connectivity index (χ2n) is 9.15. The number of aldehydes is 1. The van der Waals surface area contributed by atoms with E-state index in [-0.39, 0.29) is 6.54 Å². The van der Waals surface area contributed by atoms with Gasteiger partial charge in [0.2, 0.25) is 5.89 Å². The molecule has 0 atom stereocenters. The first-order valence-corrected chi connectivity index (χ1v) is 11.8. The lowest BCUT2D eigenvalue weighted by Crippen LogP contribution is -2.38. The van der Waals surface area contributed by atoms with E-state index in [0.29, 0.717) is 24.7 Å². The minimum Gasteiger partial charge on any atom is -0.478 e. The molecule has 0 radical (unpaired) electrons. The van der Waals surface area contributed by atoms with Gasteiger partial charge in [-0.15, -0.1) is 0 Å². The minimum absolute atomic E-state index is 0.244. The minimum atomic E-state index is -1.33. The van der Waals surface area contributed by atoms with Crippen LogP contribution in [-0.4, -0.2) is 46.4 Å². The molecule has 0 unspecified atom stereocenters. The maximum absolute atomic E-state index is 11.5. The van der Waals surface area contributed by atoms with Crippen molar-refractivity contribution in [2.24, 2.45) is 5.73 Å². The highest BCUT2D eigenvalue weighted by Crippen LogP contribution is 2.30.